The number of hydrogen-bond acceptors (Lipinski definition) is 2. The van der Waals surface area contributed by atoms with Crippen LogP contribution in [-0.2, 0) is 6.54 Å². The molecule has 2 nitrogen and oxygen atoms in total. The third-order valence-corrected chi connectivity index (χ3v) is 5.87. The Kier molecular flexibility index (Phi) is 6.99. The number of ether oxygens (including phenoxy) is 1. The molecule has 140 valence electrons. The number of halogens is 1. The van der Waals surface area contributed by atoms with Gasteiger partial charge >= 0.3 is 0 Å². The van der Waals surface area contributed by atoms with Gasteiger partial charge in [-0.25, -0.2) is 0 Å². The lowest BCUT2D eigenvalue weighted by Crippen LogP contribution is -2.33. The second-order valence-corrected chi connectivity index (χ2v) is 8.09. The first kappa shape index (κ1) is 19.3. The first-order valence-corrected chi connectivity index (χ1v) is 10.2. The molecule has 2 aromatic rings. The van der Waals surface area contributed by atoms with Gasteiger partial charge in [0, 0.05) is 11.6 Å². The van der Waals surface area contributed by atoms with Crippen LogP contribution >= 0.6 is 11.6 Å². The maximum absolute atomic E-state index is 6.27. The topological polar surface area (TPSA) is 21.3 Å². The van der Waals surface area contributed by atoms with Gasteiger partial charge in [-0.1, -0.05) is 48.9 Å². The smallest absolute Gasteiger partial charge is 0.119 e. The van der Waals surface area contributed by atoms with Gasteiger partial charge in [-0.05, 0) is 80.3 Å². The van der Waals surface area contributed by atoms with Crippen LogP contribution in [0.4, 0.5) is 0 Å². The first-order chi connectivity index (χ1) is 12.6. The van der Waals surface area contributed by atoms with Crippen LogP contribution in [0.25, 0.3) is 0 Å². The van der Waals surface area contributed by atoms with E-state index in [1.54, 1.807) is 0 Å². The van der Waals surface area contributed by atoms with Crippen LogP contribution < -0.4 is 10.1 Å². The molecule has 1 N–H and O–H groups in total. The van der Waals surface area contributed by atoms with Crippen molar-refractivity contribution in [1.29, 1.82) is 0 Å². The molecule has 1 aliphatic carbocycles. The van der Waals surface area contributed by atoms with Crippen LogP contribution in [0.3, 0.4) is 0 Å². The molecule has 0 radical (unpaired) electrons. The minimum atomic E-state index is 0.349. The molecule has 0 saturated heterocycles. The molecular formula is C23H30ClNO. The van der Waals surface area contributed by atoms with Crippen molar-refractivity contribution in [2.24, 2.45) is 11.8 Å². The van der Waals surface area contributed by atoms with Gasteiger partial charge in [0.05, 0.1) is 6.10 Å². The first-order valence-electron chi connectivity index (χ1n) is 9.79. The third-order valence-electron chi connectivity index (χ3n) is 5.50. The van der Waals surface area contributed by atoms with Crippen LogP contribution in [0.1, 0.15) is 43.7 Å². The zero-order valence-corrected chi connectivity index (χ0v) is 16.6. The molecule has 1 aliphatic rings. The third kappa shape index (κ3) is 5.49. The van der Waals surface area contributed by atoms with Crippen molar-refractivity contribution in [2.45, 2.75) is 52.2 Å². The summed E-state index contributed by atoms with van der Waals surface area (Å²) in [6.45, 7) is 6.33. The van der Waals surface area contributed by atoms with Gasteiger partial charge in [-0.15, -0.1) is 0 Å². The molecule has 3 atom stereocenters. The minimum Gasteiger partial charge on any atom is -0.490 e. The lowest BCUT2D eigenvalue weighted by molar-refractivity contribution is 0.102. The van der Waals surface area contributed by atoms with Gasteiger partial charge in [0.15, 0.2) is 0 Å². The molecule has 2 aromatic carbocycles. The van der Waals surface area contributed by atoms with Crippen LogP contribution in [-0.4, -0.2) is 12.6 Å². The van der Waals surface area contributed by atoms with Gasteiger partial charge in [0.2, 0.25) is 0 Å². The van der Waals surface area contributed by atoms with Gasteiger partial charge in [-0.3, -0.25) is 0 Å². The second-order valence-electron chi connectivity index (χ2n) is 7.68. The summed E-state index contributed by atoms with van der Waals surface area (Å²) in [6, 6.07) is 16.5. The van der Waals surface area contributed by atoms with E-state index in [-0.39, 0.29) is 0 Å². The van der Waals surface area contributed by atoms with E-state index in [1.165, 1.54) is 30.4 Å². The predicted molar refractivity (Wildman–Crippen MR) is 110 cm³/mol. The highest BCUT2D eigenvalue weighted by molar-refractivity contribution is 6.31. The Morgan fingerprint density at radius 3 is 2.81 bits per heavy atom. The Bertz CT molecular complexity index is 702. The molecule has 0 aromatic heterocycles. The van der Waals surface area contributed by atoms with E-state index in [1.807, 2.05) is 18.2 Å². The van der Waals surface area contributed by atoms with Crippen LogP contribution in [0.2, 0.25) is 5.02 Å². The predicted octanol–water partition coefficient (Wildman–Crippen LogP) is 6.01. The molecule has 1 saturated carbocycles. The molecule has 0 bridgehead atoms. The monoisotopic (exact) mass is 371 g/mol. The number of nitrogens with one attached hydrogen (secondary N) is 1. The molecule has 26 heavy (non-hydrogen) atoms. The summed E-state index contributed by atoms with van der Waals surface area (Å²) in [7, 11) is 0. The molecule has 0 amide bonds. The van der Waals surface area contributed by atoms with E-state index < -0.39 is 0 Å². The van der Waals surface area contributed by atoms with E-state index in [0.29, 0.717) is 12.0 Å². The zero-order valence-electron chi connectivity index (χ0n) is 15.9. The Morgan fingerprint density at radius 2 is 2.00 bits per heavy atom. The van der Waals surface area contributed by atoms with Crippen molar-refractivity contribution in [2.75, 3.05) is 6.54 Å². The average Bonchev–Trinajstić information content (AvgIpc) is 2.63. The molecular weight excluding hydrogens is 342 g/mol. The highest BCUT2D eigenvalue weighted by atomic mass is 35.5. The highest BCUT2D eigenvalue weighted by Gasteiger charge is 2.27. The van der Waals surface area contributed by atoms with Gasteiger partial charge in [-0.2, -0.15) is 0 Å². The fraction of sp³-hybridized carbons (Fsp3) is 0.478. The average molecular weight is 372 g/mol. The maximum Gasteiger partial charge on any atom is 0.119 e. The molecule has 3 heteroatoms. The molecule has 2 unspecified atom stereocenters. The van der Waals surface area contributed by atoms with Crippen molar-refractivity contribution in [3.8, 4) is 5.75 Å². The summed E-state index contributed by atoms with van der Waals surface area (Å²) in [5.74, 6) is 2.37. The van der Waals surface area contributed by atoms with Crippen LogP contribution in [0, 0.1) is 18.8 Å². The van der Waals surface area contributed by atoms with Crippen LogP contribution in [0.15, 0.2) is 48.5 Å². The SMILES string of the molecule is Cc1cccc(O[C@@H]2CCCC(C(C)CNCc3ccccc3Cl)C2)c1. The summed E-state index contributed by atoms with van der Waals surface area (Å²) in [4.78, 5) is 0. The maximum atomic E-state index is 6.27. The Labute approximate surface area is 162 Å². The van der Waals surface area contributed by atoms with Crippen molar-refractivity contribution in [1.82, 2.24) is 5.32 Å². The summed E-state index contributed by atoms with van der Waals surface area (Å²) in [6.07, 6.45) is 5.24. The van der Waals surface area contributed by atoms with E-state index >= 15 is 0 Å². The van der Waals surface area contributed by atoms with E-state index in [0.717, 1.165) is 36.2 Å². The fourth-order valence-corrected chi connectivity index (χ4v) is 4.13. The minimum absolute atomic E-state index is 0.349. The quantitative estimate of drug-likeness (QED) is 0.643. The number of benzene rings is 2. The van der Waals surface area contributed by atoms with Crippen molar-refractivity contribution >= 4 is 11.6 Å². The van der Waals surface area contributed by atoms with E-state index in [9.17, 15) is 0 Å². The summed E-state index contributed by atoms with van der Waals surface area (Å²) in [5, 5.41) is 4.43. The van der Waals surface area contributed by atoms with Gasteiger partial charge in [0.25, 0.3) is 0 Å². The highest BCUT2D eigenvalue weighted by Crippen LogP contribution is 2.32. The van der Waals surface area contributed by atoms with Crippen molar-refractivity contribution in [3.05, 3.63) is 64.7 Å². The molecule has 0 aliphatic heterocycles. The van der Waals surface area contributed by atoms with Crippen LogP contribution in [0.5, 0.6) is 5.75 Å². The summed E-state index contributed by atoms with van der Waals surface area (Å²) in [5.41, 5.74) is 2.43. The van der Waals surface area contributed by atoms with E-state index in [2.05, 4.69) is 49.5 Å². The lowest BCUT2D eigenvalue weighted by atomic mass is 9.79. The molecule has 1 fully saturated rings. The van der Waals surface area contributed by atoms with Crippen molar-refractivity contribution in [3.63, 3.8) is 0 Å². The number of hydrogen-bond donors (Lipinski definition) is 1. The fourth-order valence-electron chi connectivity index (χ4n) is 3.93. The Balaban J connectivity index is 1.46. The largest absolute Gasteiger partial charge is 0.490 e. The molecule has 3 rings (SSSR count). The van der Waals surface area contributed by atoms with Crippen molar-refractivity contribution < 1.29 is 4.74 Å². The lowest BCUT2D eigenvalue weighted by Gasteiger charge is -2.33. The number of rotatable bonds is 7. The van der Waals surface area contributed by atoms with E-state index in [4.69, 9.17) is 16.3 Å². The standard InChI is InChI=1S/C23H30ClNO/c1-17-7-5-10-21(13-17)26-22-11-6-9-19(14-22)18(2)15-25-16-20-8-3-4-12-23(20)24/h3-5,7-8,10,12-13,18-19,22,25H,6,9,11,14-16H2,1-2H3/t18?,19?,22-/m1/s1. The normalized spacial score (nSPS) is 21.3. The van der Waals surface area contributed by atoms with Gasteiger partial charge < -0.3 is 10.1 Å². The Hall–Kier alpha value is -1.51. The van der Waals surface area contributed by atoms with Gasteiger partial charge in [0.1, 0.15) is 5.75 Å². The second kappa shape index (κ2) is 9.43. The Morgan fingerprint density at radius 1 is 1.15 bits per heavy atom. The summed E-state index contributed by atoms with van der Waals surface area (Å²) < 4.78 is 6.27. The zero-order chi connectivity index (χ0) is 18.4. The molecule has 0 spiro atoms. The molecule has 0 heterocycles. The summed E-state index contributed by atoms with van der Waals surface area (Å²) >= 11 is 6.24. The number of aryl methyl sites for hydroxylation is 1.